The second-order valence-corrected chi connectivity index (χ2v) is 2.65. The normalized spacial score (nSPS) is 11.3. The molecule has 84 valence electrons. The molecule has 7 heteroatoms. The highest BCUT2D eigenvalue weighted by Crippen LogP contribution is 2.28. The highest BCUT2D eigenvalue weighted by molar-refractivity contribution is 5.38. The summed E-state index contributed by atoms with van der Waals surface area (Å²) < 4.78 is 41.6. The monoisotopic (exact) mass is 221 g/mol. The quantitative estimate of drug-likeness (QED) is 0.847. The largest absolute Gasteiger partial charge is 0.481 e. The number of anilines is 1. The Morgan fingerprint density at radius 2 is 2.07 bits per heavy atom. The number of nitrogens with zero attached hydrogens (tertiary/aromatic N) is 2. The zero-order chi connectivity index (χ0) is 11.5. The second kappa shape index (κ2) is 4.33. The molecule has 0 bridgehead atoms. The van der Waals surface area contributed by atoms with Crippen LogP contribution in [0.3, 0.4) is 0 Å². The fourth-order valence-corrected chi connectivity index (χ4v) is 0.928. The molecule has 1 aromatic rings. The number of alkyl halides is 3. The second-order valence-electron chi connectivity index (χ2n) is 2.65. The Hall–Kier alpha value is -1.53. The zero-order valence-electron chi connectivity index (χ0n) is 8.22. The number of nitrogens with one attached hydrogen (secondary N) is 1. The van der Waals surface area contributed by atoms with Gasteiger partial charge in [-0.2, -0.15) is 18.2 Å². The molecule has 0 spiro atoms. The van der Waals surface area contributed by atoms with Crippen molar-refractivity contribution in [2.24, 2.45) is 0 Å². The van der Waals surface area contributed by atoms with Crippen LogP contribution in [-0.2, 0) is 6.18 Å². The van der Waals surface area contributed by atoms with Crippen molar-refractivity contribution in [1.82, 2.24) is 9.97 Å². The van der Waals surface area contributed by atoms with E-state index in [1.54, 1.807) is 6.92 Å². The molecular weight excluding hydrogens is 211 g/mol. The third-order valence-corrected chi connectivity index (χ3v) is 1.52. The van der Waals surface area contributed by atoms with E-state index in [-0.39, 0.29) is 11.7 Å². The molecule has 0 radical (unpaired) electrons. The van der Waals surface area contributed by atoms with Crippen molar-refractivity contribution < 1.29 is 17.9 Å². The lowest BCUT2D eigenvalue weighted by Crippen LogP contribution is -2.13. The van der Waals surface area contributed by atoms with Crippen LogP contribution in [0.1, 0.15) is 12.7 Å². The van der Waals surface area contributed by atoms with Crippen LogP contribution in [-0.4, -0.2) is 23.6 Å². The van der Waals surface area contributed by atoms with Crippen LogP contribution in [0, 0.1) is 0 Å². The molecule has 0 unspecified atom stereocenters. The van der Waals surface area contributed by atoms with Gasteiger partial charge in [-0.15, -0.1) is 0 Å². The molecule has 1 rings (SSSR count). The highest BCUT2D eigenvalue weighted by Gasteiger charge is 2.35. The Balaban J connectivity index is 3.11. The Kier molecular flexibility index (Phi) is 3.33. The number of ether oxygens (including phenoxy) is 1. The average Bonchev–Trinajstić information content (AvgIpc) is 2.16. The van der Waals surface area contributed by atoms with Crippen molar-refractivity contribution in [3.63, 3.8) is 0 Å². The minimum atomic E-state index is -4.57. The standard InChI is InChI=1S/C8H10F3N3O/c1-3-12-5-4-6(15-2)14-7(13-5)8(9,10)11/h4H,3H2,1-2H3,(H,12,13,14). The summed E-state index contributed by atoms with van der Waals surface area (Å²) in [5.41, 5.74) is 0. The first-order chi connectivity index (χ1) is 6.97. The third kappa shape index (κ3) is 2.97. The van der Waals surface area contributed by atoms with Gasteiger partial charge < -0.3 is 10.1 Å². The molecule has 0 amide bonds. The van der Waals surface area contributed by atoms with Gasteiger partial charge in [0.2, 0.25) is 11.7 Å². The Morgan fingerprint density at radius 3 is 2.53 bits per heavy atom. The number of methoxy groups -OCH3 is 1. The maximum Gasteiger partial charge on any atom is 0.451 e. The number of rotatable bonds is 3. The molecule has 0 aliphatic carbocycles. The summed E-state index contributed by atoms with van der Waals surface area (Å²) >= 11 is 0. The van der Waals surface area contributed by atoms with Crippen LogP contribution >= 0.6 is 0 Å². The molecule has 15 heavy (non-hydrogen) atoms. The van der Waals surface area contributed by atoms with Crippen LogP contribution in [0.4, 0.5) is 19.0 Å². The van der Waals surface area contributed by atoms with E-state index in [0.717, 1.165) is 0 Å². The lowest BCUT2D eigenvalue weighted by Gasteiger charge is -2.09. The van der Waals surface area contributed by atoms with E-state index in [0.29, 0.717) is 6.54 Å². The van der Waals surface area contributed by atoms with E-state index < -0.39 is 12.0 Å². The van der Waals surface area contributed by atoms with Gasteiger partial charge in [-0.1, -0.05) is 0 Å². The highest BCUT2D eigenvalue weighted by atomic mass is 19.4. The zero-order valence-corrected chi connectivity index (χ0v) is 8.22. The number of hydrogen-bond acceptors (Lipinski definition) is 4. The molecule has 0 aliphatic heterocycles. The van der Waals surface area contributed by atoms with Crippen molar-refractivity contribution in [3.05, 3.63) is 11.9 Å². The maximum absolute atomic E-state index is 12.3. The van der Waals surface area contributed by atoms with Gasteiger partial charge in [0.05, 0.1) is 7.11 Å². The van der Waals surface area contributed by atoms with Crippen LogP contribution in [0.2, 0.25) is 0 Å². The number of aromatic nitrogens is 2. The number of halogens is 3. The smallest absolute Gasteiger partial charge is 0.451 e. The van der Waals surface area contributed by atoms with E-state index >= 15 is 0 Å². The van der Waals surface area contributed by atoms with Gasteiger partial charge in [-0.25, -0.2) is 4.98 Å². The van der Waals surface area contributed by atoms with Gasteiger partial charge in [0, 0.05) is 12.6 Å². The third-order valence-electron chi connectivity index (χ3n) is 1.52. The predicted octanol–water partition coefficient (Wildman–Crippen LogP) is 1.94. The maximum atomic E-state index is 12.3. The molecule has 0 saturated heterocycles. The van der Waals surface area contributed by atoms with Gasteiger partial charge >= 0.3 is 6.18 Å². The van der Waals surface area contributed by atoms with Crippen LogP contribution in [0.25, 0.3) is 0 Å². The van der Waals surface area contributed by atoms with Crippen LogP contribution in [0.5, 0.6) is 5.88 Å². The molecule has 0 aromatic carbocycles. The summed E-state index contributed by atoms with van der Waals surface area (Å²) in [6, 6.07) is 1.30. The summed E-state index contributed by atoms with van der Waals surface area (Å²) in [5, 5.41) is 2.66. The number of hydrogen-bond donors (Lipinski definition) is 1. The Bertz CT molecular complexity index is 340. The first-order valence-electron chi connectivity index (χ1n) is 4.21. The van der Waals surface area contributed by atoms with Crippen molar-refractivity contribution in [3.8, 4) is 5.88 Å². The minimum absolute atomic E-state index is 0.0941. The molecule has 4 nitrogen and oxygen atoms in total. The topological polar surface area (TPSA) is 47.0 Å². The summed E-state index contributed by atoms with van der Waals surface area (Å²) in [6.07, 6.45) is -4.57. The van der Waals surface area contributed by atoms with Gasteiger partial charge in [-0.3, -0.25) is 0 Å². The van der Waals surface area contributed by atoms with Crippen LogP contribution < -0.4 is 10.1 Å². The summed E-state index contributed by atoms with van der Waals surface area (Å²) in [6.45, 7) is 2.22. The Morgan fingerprint density at radius 1 is 1.40 bits per heavy atom. The van der Waals surface area contributed by atoms with Crippen LogP contribution in [0.15, 0.2) is 6.07 Å². The molecule has 1 heterocycles. The van der Waals surface area contributed by atoms with Gasteiger partial charge in [0.1, 0.15) is 5.82 Å². The van der Waals surface area contributed by atoms with E-state index in [1.807, 2.05) is 0 Å². The first kappa shape index (κ1) is 11.5. The molecule has 0 aliphatic rings. The van der Waals surface area contributed by atoms with Gasteiger partial charge in [0.25, 0.3) is 0 Å². The molecule has 1 aromatic heterocycles. The van der Waals surface area contributed by atoms with Crippen molar-refractivity contribution in [2.45, 2.75) is 13.1 Å². The summed E-state index contributed by atoms with van der Waals surface area (Å²) in [4.78, 5) is 6.52. The fraction of sp³-hybridized carbons (Fsp3) is 0.500. The summed E-state index contributed by atoms with van der Waals surface area (Å²) in [7, 11) is 1.25. The Labute approximate surface area is 84.5 Å². The fourth-order valence-electron chi connectivity index (χ4n) is 0.928. The van der Waals surface area contributed by atoms with E-state index in [9.17, 15) is 13.2 Å². The van der Waals surface area contributed by atoms with E-state index in [4.69, 9.17) is 0 Å². The summed E-state index contributed by atoms with van der Waals surface area (Å²) in [5.74, 6) is -1.23. The minimum Gasteiger partial charge on any atom is -0.481 e. The lowest BCUT2D eigenvalue weighted by atomic mass is 10.5. The van der Waals surface area contributed by atoms with Gasteiger partial charge in [-0.05, 0) is 6.92 Å². The van der Waals surface area contributed by atoms with Crippen molar-refractivity contribution >= 4 is 5.82 Å². The first-order valence-corrected chi connectivity index (χ1v) is 4.21. The predicted molar refractivity (Wildman–Crippen MR) is 47.7 cm³/mol. The SMILES string of the molecule is CCNc1cc(OC)nc(C(F)(F)F)n1. The molecular formula is C8H10F3N3O. The molecule has 0 saturated carbocycles. The van der Waals surface area contributed by atoms with Crippen molar-refractivity contribution in [2.75, 3.05) is 19.0 Å². The van der Waals surface area contributed by atoms with E-state index in [2.05, 4.69) is 20.0 Å². The average molecular weight is 221 g/mol. The molecule has 0 atom stereocenters. The lowest BCUT2D eigenvalue weighted by molar-refractivity contribution is -0.145. The molecule has 1 N–H and O–H groups in total. The van der Waals surface area contributed by atoms with Crippen molar-refractivity contribution in [1.29, 1.82) is 0 Å². The molecule has 0 fully saturated rings. The van der Waals surface area contributed by atoms with E-state index in [1.165, 1.54) is 13.2 Å². The van der Waals surface area contributed by atoms with Gasteiger partial charge in [0.15, 0.2) is 0 Å².